The molecular formula is C18H22FN3O2. The topological polar surface area (TPSA) is 46.5 Å². The lowest BCUT2D eigenvalue weighted by Gasteiger charge is -2.35. The summed E-state index contributed by atoms with van der Waals surface area (Å²) in [5.41, 5.74) is 1.61. The zero-order valence-electron chi connectivity index (χ0n) is 13.7. The van der Waals surface area contributed by atoms with E-state index in [0.29, 0.717) is 25.3 Å². The van der Waals surface area contributed by atoms with E-state index >= 15 is 0 Å². The molecular weight excluding hydrogens is 309 g/mol. The molecule has 0 radical (unpaired) electrons. The third-order valence-electron chi connectivity index (χ3n) is 4.37. The van der Waals surface area contributed by atoms with Gasteiger partial charge in [0.1, 0.15) is 5.82 Å². The number of hydrogen-bond acceptors (Lipinski definition) is 3. The molecule has 1 atom stereocenters. The maximum absolute atomic E-state index is 13.0. The van der Waals surface area contributed by atoms with Crippen molar-refractivity contribution in [1.29, 1.82) is 0 Å². The van der Waals surface area contributed by atoms with Crippen LogP contribution in [0.3, 0.4) is 0 Å². The molecule has 1 fully saturated rings. The van der Waals surface area contributed by atoms with Gasteiger partial charge in [-0.1, -0.05) is 0 Å². The van der Waals surface area contributed by atoms with E-state index in [1.807, 2.05) is 19.3 Å². The predicted octanol–water partition coefficient (Wildman–Crippen LogP) is 1.97. The van der Waals surface area contributed by atoms with Crippen molar-refractivity contribution in [3.05, 3.63) is 59.7 Å². The number of nitrogens with one attached hydrogen (secondary N) is 1. The molecule has 1 aliphatic rings. The Hall–Kier alpha value is -2.18. The van der Waals surface area contributed by atoms with E-state index in [0.717, 1.165) is 18.8 Å². The van der Waals surface area contributed by atoms with Crippen LogP contribution in [0.15, 0.2) is 42.6 Å². The second kappa shape index (κ2) is 7.59. The van der Waals surface area contributed by atoms with Gasteiger partial charge in [0.15, 0.2) is 0 Å². The van der Waals surface area contributed by atoms with Gasteiger partial charge >= 0.3 is 0 Å². The Bertz CT molecular complexity index is 678. The number of amides is 1. The van der Waals surface area contributed by atoms with Crippen LogP contribution in [0.25, 0.3) is 0 Å². The molecule has 1 aliphatic heterocycles. The van der Waals surface area contributed by atoms with Gasteiger partial charge in [0.2, 0.25) is 0 Å². The monoisotopic (exact) mass is 331 g/mol. The van der Waals surface area contributed by atoms with Crippen molar-refractivity contribution in [2.45, 2.75) is 6.04 Å². The largest absolute Gasteiger partial charge is 0.379 e. The summed E-state index contributed by atoms with van der Waals surface area (Å²) in [6.07, 6.45) is 2.00. The van der Waals surface area contributed by atoms with Gasteiger partial charge in [0.25, 0.3) is 5.91 Å². The highest BCUT2D eigenvalue weighted by Crippen LogP contribution is 2.21. The van der Waals surface area contributed by atoms with Crippen LogP contribution in [0.4, 0.5) is 4.39 Å². The minimum absolute atomic E-state index is 0.0818. The zero-order chi connectivity index (χ0) is 16.9. The summed E-state index contributed by atoms with van der Waals surface area (Å²) in [5.74, 6) is -0.538. The van der Waals surface area contributed by atoms with Crippen LogP contribution in [-0.2, 0) is 11.8 Å². The van der Waals surface area contributed by atoms with Gasteiger partial charge in [-0.15, -0.1) is 0 Å². The fraction of sp³-hybridized carbons (Fsp3) is 0.389. The molecule has 5 nitrogen and oxygen atoms in total. The molecule has 1 saturated heterocycles. The van der Waals surface area contributed by atoms with Gasteiger partial charge in [0, 0.05) is 44.1 Å². The zero-order valence-corrected chi connectivity index (χ0v) is 13.7. The minimum Gasteiger partial charge on any atom is -0.379 e. The lowest BCUT2D eigenvalue weighted by molar-refractivity contribution is 0.0148. The summed E-state index contributed by atoms with van der Waals surface area (Å²) in [6, 6.07) is 9.75. The summed E-state index contributed by atoms with van der Waals surface area (Å²) in [5, 5.41) is 2.97. The van der Waals surface area contributed by atoms with Crippen LogP contribution in [0, 0.1) is 5.82 Å². The molecule has 128 valence electrons. The molecule has 2 aromatic rings. The van der Waals surface area contributed by atoms with Crippen LogP contribution in [0.2, 0.25) is 0 Å². The van der Waals surface area contributed by atoms with E-state index in [4.69, 9.17) is 4.74 Å². The molecule has 6 heteroatoms. The Balaban J connectivity index is 1.70. The Labute approximate surface area is 141 Å². The smallest absolute Gasteiger partial charge is 0.251 e. The lowest BCUT2D eigenvalue weighted by Crippen LogP contribution is -2.44. The Morgan fingerprint density at radius 1 is 1.25 bits per heavy atom. The number of hydrogen-bond donors (Lipinski definition) is 1. The van der Waals surface area contributed by atoms with Crippen LogP contribution < -0.4 is 5.32 Å². The fourth-order valence-electron chi connectivity index (χ4n) is 3.02. The van der Waals surface area contributed by atoms with Crippen LogP contribution in [0.1, 0.15) is 22.1 Å². The van der Waals surface area contributed by atoms with Crippen molar-refractivity contribution < 1.29 is 13.9 Å². The molecule has 0 aliphatic carbocycles. The minimum atomic E-state index is -0.346. The van der Waals surface area contributed by atoms with Crippen molar-refractivity contribution in [3.8, 4) is 0 Å². The SMILES string of the molecule is Cn1cccc1[C@@H](CNC(=O)c1ccc(F)cc1)N1CCOCC1. The molecule has 3 rings (SSSR count). The van der Waals surface area contributed by atoms with Crippen molar-refractivity contribution in [1.82, 2.24) is 14.8 Å². The number of rotatable bonds is 5. The third kappa shape index (κ3) is 3.83. The van der Waals surface area contributed by atoms with Crippen LogP contribution in [-0.4, -0.2) is 48.2 Å². The van der Waals surface area contributed by atoms with E-state index in [-0.39, 0.29) is 17.8 Å². The van der Waals surface area contributed by atoms with Gasteiger partial charge in [-0.05, 0) is 36.4 Å². The lowest BCUT2D eigenvalue weighted by atomic mass is 10.1. The van der Waals surface area contributed by atoms with Gasteiger partial charge in [0.05, 0.1) is 19.3 Å². The van der Waals surface area contributed by atoms with Crippen molar-refractivity contribution >= 4 is 5.91 Å². The first-order valence-corrected chi connectivity index (χ1v) is 8.12. The van der Waals surface area contributed by atoms with Crippen LogP contribution in [0.5, 0.6) is 0 Å². The van der Waals surface area contributed by atoms with Crippen molar-refractivity contribution in [2.24, 2.45) is 7.05 Å². The number of nitrogens with zero attached hydrogens (tertiary/aromatic N) is 2. The number of benzene rings is 1. The van der Waals surface area contributed by atoms with Gasteiger partial charge in [-0.2, -0.15) is 0 Å². The summed E-state index contributed by atoms with van der Waals surface area (Å²) in [7, 11) is 2.00. The highest BCUT2D eigenvalue weighted by atomic mass is 19.1. The van der Waals surface area contributed by atoms with Crippen molar-refractivity contribution in [2.75, 3.05) is 32.8 Å². The van der Waals surface area contributed by atoms with E-state index in [1.54, 1.807) is 0 Å². The Kier molecular flexibility index (Phi) is 5.27. The number of carbonyl (C=O) groups excluding carboxylic acids is 1. The third-order valence-corrected chi connectivity index (χ3v) is 4.37. The predicted molar refractivity (Wildman–Crippen MR) is 89.3 cm³/mol. The normalized spacial score (nSPS) is 16.8. The summed E-state index contributed by atoms with van der Waals surface area (Å²) >= 11 is 0. The summed E-state index contributed by atoms with van der Waals surface area (Å²) in [4.78, 5) is 14.6. The molecule has 1 aromatic carbocycles. The van der Waals surface area contributed by atoms with Crippen molar-refractivity contribution in [3.63, 3.8) is 0 Å². The second-order valence-electron chi connectivity index (χ2n) is 5.93. The van der Waals surface area contributed by atoms with Gasteiger partial charge < -0.3 is 14.6 Å². The van der Waals surface area contributed by atoms with Gasteiger partial charge in [-0.25, -0.2) is 4.39 Å². The summed E-state index contributed by atoms with van der Waals surface area (Å²) in [6.45, 7) is 3.57. The molecule has 1 N–H and O–H groups in total. The number of halogens is 1. The highest BCUT2D eigenvalue weighted by molar-refractivity contribution is 5.94. The second-order valence-corrected chi connectivity index (χ2v) is 5.93. The first kappa shape index (κ1) is 16.7. The first-order chi connectivity index (χ1) is 11.6. The number of aromatic nitrogens is 1. The number of aryl methyl sites for hydroxylation is 1. The van der Waals surface area contributed by atoms with E-state index in [1.165, 1.54) is 24.3 Å². The molecule has 2 heterocycles. The van der Waals surface area contributed by atoms with E-state index in [9.17, 15) is 9.18 Å². The molecule has 0 spiro atoms. The Morgan fingerprint density at radius 2 is 1.96 bits per heavy atom. The highest BCUT2D eigenvalue weighted by Gasteiger charge is 2.25. The molecule has 1 aromatic heterocycles. The number of carbonyl (C=O) groups is 1. The molecule has 24 heavy (non-hydrogen) atoms. The maximum Gasteiger partial charge on any atom is 0.251 e. The number of morpholine rings is 1. The standard InChI is InChI=1S/C18H22FN3O2/c1-21-8-2-3-16(21)17(22-9-11-24-12-10-22)13-20-18(23)14-4-6-15(19)7-5-14/h2-8,17H,9-13H2,1H3,(H,20,23)/t17-/m1/s1. The molecule has 0 unspecified atom stereocenters. The fourth-order valence-corrected chi connectivity index (χ4v) is 3.02. The molecule has 0 bridgehead atoms. The van der Waals surface area contributed by atoms with Gasteiger partial charge in [-0.3, -0.25) is 9.69 Å². The average molecular weight is 331 g/mol. The molecule has 1 amide bonds. The number of ether oxygens (including phenoxy) is 1. The van der Waals surface area contributed by atoms with E-state index < -0.39 is 0 Å². The first-order valence-electron chi connectivity index (χ1n) is 8.12. The Morgan fingerprint density at radius 3 is 2.58 bits per heavy atom. The quantitative estimate of drug-likeness (QED) is 0.911. The van der Waals surface area contributed by atoms with Crippen LogP contribution >= 0.6 is 0 Å². The summed E-state index contributed by atoms with van der Waals surface area (Å²) < 4.78 is 20.5. The maximum atomic E-state index is 13.0. The average Bonchev–Trinajstić information content (AvgIpc) is 3.02. The van der Waals surface area contributed by atoms with E-state index in [2.05, 4.69) is 20.9 Å². The molecule has 0 saturated carbocycles.